The number of rotatable bonds is 1. The van der Waals surface area contributed by atoms with Crippen molar-refractivity contribution in [1.29, 1.82) is 0 Å². The van der Waals surface area contributed by atoms with Gasteiger partial charge in [0.25, 0.3) is 0 Å². The van der Waals surface area contributed by atoms with Crippen LogP contribution in [0.2, 0.25) is 10.0 Å². The molecule has 1 aliphatic rings. The molecule has 0 fully saturated rings. The molecule has 1 aliphatic heterocycles. The summed E-state index contributed by atoms with van der Waals surface area (Å²) in [5.74, 6) is -1.13. The van der Waals surface area contributed by atoms with Crippen molar-refractivity contribution in [2.45, 2.75) is 13.0 Å². The van der Waals surface area contributed by atoms with E-state index in [0.29, 0.717) is 27.7 Å². The van der Waals surface area contributed by atoms with Crippen LogP contribution in [0.1, 0.15) is 21.7 Å². The Morgan fingerprint density at radius 1 is 1.37 bits per heavy atom. The summed E-state index contributed by atoms with van der Waals surface area (Å²) in [5, 5.41) is 10.9. The fraction of sp³-hybridized carbons (Fsp3) is 0.308. The first kappa shape index (κ1) is 12.8. The first-order chi connectivity index (χ1) is 8.99. The van der Waals surface area contributed by atoms with E-state index in [1.54, 1.807) is 6.07 Å². The van der Waals surface area contributed by atoms with Gasteiger partial charge in [-0.25, -0.2) is 4.79 Å². The van der Waals surface area contributed by atoms with Crippen LogP contribution in [-0.2, 0) is 13.0 Å². The van der Waals surface area contributed by atoms with Gasteiger partial charge in [-0.3, -0.25) is 0 Å². The first-order valence-corrected chi connectivity index (χ1v) is 6.58. The van der Waals surface area contributed by atoms with Gasteiger partial charge in [-0.15, -0.1) is 0 Å². The summed E-state index contributed by atoms with van der Waals surface area (Å²) in [6.07, 6.45) is 0.745. The number of carboxylic acid groups (broad SMARTS) is 1. The van der Waals surface area contributed by atoms with E-state index >= 15 is 0 Å². The van der Waals surface area contributed by atoms with Gasteiger partial charge in [0.2, 0.25) is 5.76 Å². The van der Waals surface area contributed by atoms with Crippen LogP contribution in [0, 0.1) is 0 Å². The number of halogens is 2. The van der Waals surface area contributed by atoms with Crippen molar-refractivity contribution in [3.8, 4) is 0 Å². The Morgan fingerprint density at radius 3 is 2.79 bits per heavy atom. The van der Waals surface area contributed by atoms with Crippen LogP contribution in [0.25, 0.3) is 11.0 Å². The highest BCUT2D eigenvalue weighted by Gasteiger charge is 2.27. The van der Waals surface area contributed by atoms with E-state index in [0.717, 1.165) is 23.9 Å². The zero-order chi connectivity index (χ0) is 13.7. The molecule has 2 aromatic rings. The minimum Gasteiger partial charge on any atom is -0.475 e. The summed E-state index contributed by atoms with van der Waals surface area (Å²) in [5.41, 5.74) is 1.99. The van der Waals surface area contributed by atoms with E-state index in [4.69, 9.17) is 27.6 Å². The second-order valence-electron chi connectivity index (χ2n) is 4.73. The molecule has 6 heteroatoms. The normalized spacial score (nSPS) is 15.7. The third-order valence-electron chi connectivity index (χ3n) is 3.43. The Labute approximate surface area is 119 Å². The first-order valence-electron chi connectivity index (χ1n) is 5.83. The van der Waals surface area contributed by atoms with Crippen LogP contribution >= 0.6 is 23.2 Å². The van der Waals surface area contributed by atoms with Crippen molar-refractivity contribution in [3.63, 3.8) is 0 Å². The predicted molar refractivity (Wildman–Crippen MR) is 73.2 cm³/mol. The second-order valence-corrected chi connectivity index (χ2v) is 5.54. The topological polar surface area (TPSA) is 53.7 Å². The molecule has 0 radical (unpaired) electrons. The van der Waals surface area contributed by atoms with E-state index in [-0.39, 0.29) is 5.76 Å². The van der Waals surface area contributed by atoms with Crippen LogP contribution in [0.4, 0.5) is 0 Å². The fourth-order valence-electron chi connectivity index (χ4n) is 2.56. The lowest BCUT2D eigenvalue weighted by Gasteiger charge is -2.12. The monoisotopic (exact) mass is 299 g/mol. The molecule has 2 heterocycles. The SMILES string of the molecule is CN1CCc2c(Cl)cc(Cl)c3oc(C(=O)O)c(c23)C1. The van der Waals surface area contributed by atoms with Gasteiger partial charge in [0.15, 0.2) is 5.58 Å². The van der Waals surface area contributed by atoms with Crippen molar-refractivity contribution < 1.29 is 14.3 Å². The average Bonchev–Trinajstić information content (AvgIpc) is 2.60. The lowest BCUT2D eigenvalue weighted by atomic mass is 10.0. The highest BCUT2D eigenvalue weighted by molar-refractivity contribution is 6.39. The molecule has 0 unspecified atom stereocenters. The standard InChI is InChI=1S/C13H11Cl2NO3/c1-16-3-2-6-8(14)4-9(15)12-10(6)7(5-16)11(19-12)13(17)18/h4H,2-3,5H2,1H3,(H,17,18). The van der Waals surface area contributed by atoms with Gasteiger partial charge in [-0.2, -0.15) is 0 Å². The largest absolute Gasteiger partial charge is 0.475 e. The molecular formula is C13H11Cl2NO3. The summed E-state index contributed by atoms with van der Waals surface area (Å²) in [6, 6.07) is 1.62. The van der Waals surface area contributed by atoms with Crippen molar-refractivity contribution >= 4 is 40.1 Å². The number of hydrogen-bond acceptors (Lipinski definition) is 3. The molecule has 0 saturated carbocycles. The van der Waals surface area contributed by atoms with Crippen LogP contribution in [0.15, 0.2) is 10.5 Å². The maximum atomic E-state index is 11.3. The van der Waals surface area contributed by atoms with E-state index < -0.39 is 5.97 Å². The van der Waals surface area contributed by atoms with Gasteiger partial charge < -0.3 is 14.4 Å². The van der Waals surface area contributed by atoms with Crippen molar-refractivity contribution in [3.05, 3.63) is 33.0 Å². The number of hydrogen-bond donors (Lipinski definition) is 1. The Hall–Kier alpha value is -1.23. The van der Waals surface area contributed by atoms with Crippen LogP contribution in [0.3, 0.4) is 0 Å². The number of aromatic carboxylic acids is 1. The van der Waals surface area contributed by atoms with Crippen molar-refractivity contribution in [1.82, 2.24) is 4.90 Å². The Kier molecular flexibility index (Phi) is 2.96. The molecule has 100 valence electrons. The molecule has 0 atom stereocenters. The highest BCUT2D eigenvalue weighted by Crippen LogP contribution is 2.40. The smallest absolute Gasteiger partial charge is 0.372 e. The van der Waals surface area contributed by atoms with E-state index in [9.17, 15) is 9.90 Å². The predicted octanol–water partition coefficient (Wildman–Crippen LogP) is 3.43. The molecule has 0 bridgehead atoms. The molecule has 3 rings (SSSR count). The fourth-order valence-corrected chi connectivity index (χ4v) is 3.15. The van der Waals surface area contributed by atoms with Gasteiger partial charge in [-0.05, 0) is 25.1 Å². The molecule has 1 N–H and O–H groups in total. The van der Waals surface area contributed by atoms with Crippen LogP contribution in [-0.4, -0.2) is 29.6 Å². The minimum absolute atomic E-state index is 0.0471. The summed E-state index contributed by atoms with van der Waals surface area (Å²) in [4.78, 5) is 13.4. The minimum atomic E-state index is -1.08. The molecular weight excluding hydrogens is 289 g/mol. The number of furan rings is 1. The summed E-state index contributed by atoms with van der Waals surface area (Å²) < 4.78 is 5.45. The Morgan fingerprint density at radius 2 is 2.11 bits per heavy atom. The van der Waals surface area contributed by atoms with Crippen LogP contribution in [0.5, 0.6) is 0 Å². The van der Waals surface area contributed by atoms with E-state index in [1.807, 2.05) is 11.9 Å². The molecule has 1 aromatic heterocycles. The second kappa shape index (κ2) is 4.40. The van der Waals surface area contributed by atoms with Gasteiger partial charge in [0.05, 0.1) is 5.02 Å². The lowest BCUT2D eigenvalue weighted by molar-refractivity contribution is 0.0662. The van der Waals surface area contributed by atoms with Crippen LogP contribution < -0.4 is 0 Å². The third kappa shape index (κ3) is 1.91. The summed E-state index contributed by atoms with van der Waals surface area (Å²) in [6.45, 7) is 1.32. The Balaban J connectivity index is 2.44. The van der Waals surface area contributed by atoms with Gasteiger partial charge >= 0.3 is 5.97 Å². The van der Waals surface area contributed by atoms with E-state index in [1.165, 1.54) is 0 Å². The maximum absolute atomic E-state index is 11.3. The van der Waals surface area contributed by atoms with Gasteiger partial charge in [0.1, 0.15) is 0 Å². The van der Waals surface area contributed by atoms with Gasteiger partial charge in [0, 0.05) is 29.1 Å². The number of benzene rings is 1. The van der Waals surface area contributed by atoms with Gasteiger partial charge in [-0.1, -0.05) is 23.2 Å². The number of carbonyl (C=O) groups is 1. The third-order valence-corrected chi connectivity index (χ3v) is 4.05. The molecule has 19 heavy (non-hydrogen) atoms. The zero-order valence-corrected chi connectivity index (χ0v) is 11.7. The highest BCUT2D eigenvalue weighted by atomic mass is 35.5. The molecule has 0 amide bonds. The molecule has 0 spiro atoms. The molecule has 1 aromatic carbocycles. The van der Waals surface area contributed by atoms with Crippen molar-refractivity contribution in [2.75, 3.05) is 13.6 Å². The maximum Gasteiger partial charge on any atom is 0.372 e. The molecule has 0 aliphatic carbocycles. The van der Waals surface area contributed by atoms with E-state index in [2.05, 4.69) is 0 Å². The number of nitrogens with zero attached hydrogens (tertiary/aromatic N) is 1. The molecule has 4 nitrogen and oxygen atoms in total. The zero-order valence-electron chi connectivity index (χ0n) is 10.2. The lowest BCUT2D eigenvalue weighted by Crippen LogP contribution is -2.19. The average molecular weight is 300 g/mol. The quantitative estimate of drug-likeness (QED) is 0.876. The Bertz CT molecular complexity index is 693. The number of likely N-dealkylation sites (N-methyl/N-ethyl adjacent to an activating group) is 1. The van der Waals surface area contributed by atoms with Crippen molar-refractivity contribution in [2.24, 2.45) is 0 Å². The summed E-state index contributed by atoms with van der Waals surface area (Å²) >= 11 is 12.3. The molecule has 0 saturated heterocycles. The number of carboxylic acids is 1. The summed E-state index contributed by atoms with van der Waals surface area (Å²) in [7, 11) is 1.94.